The van der Waals surface area contributed by atoms with Crippen molar-refractivity contribution < 1.29 is 4.74 Å². The Bertz CT molecular complexity index is 1260. The number of morpholine rings is 1. The molecule has 0 aliphatic carbocycles. The first-order valence-corrected chi connectivity index (χ1v) is 12.1. The van der Waals surface area contributed by atoms with E-state index in [0.717, 1.165) is 41.8 Å². The number of H-pyrrole nitrogens is 1. The molecular weight excluding hydrogens is 432 g/mol. The van der Waals surface area contributed by atoms with Gasteiger partial charge in [-0.25, -0.2) is 4.98 Å². The molecule has 10 heteroatoms. The number of thiophene rings is 1. The summed E-state index contributed by atoms with van der Waals surface area (Å²) < 4.78 is 8.26. The standard InChI is InChI=1S/C21H22N6O2S2/c1-2-14-4-3-5-15(12-14)27-20(26-7-9-29-10-8-26)24-25-21(27)31-13-17-22-16-6-11-30-18(16)19(28)23-17/h3-6,11-12H,2,7-10,13H2,1H3,(H,22,23,28). The van der Waals surface area contributed by atoms with Gasteiger partial charge < -0.3 is 14.6 Å². The Morgan fingerprint density at radius 2 is 2.10 bits per heavy atom. The number of thioether (sulfide) groups is 1. The van der Waals surface area contributed by atoms with Crippen LogP contribution in [-0.4, -0.2) is 51.0 Å². The van der Waals surface area contributed by atoms with Crippen molar-refractivity contribution in [2.75, 3.05) is 31.2 Å². The third-order valence-corrected chi connectivity index (χ3v) is 7.03. The van der Waals surface area contributed by atoms with Gasteiger partial charge in [0.25, 0.3) is 5.56 Å². The van der Waals surface area contributed by atoms with Crippen molar-refractivity contribution in [1.29, 1.82) is 0 Å². The highest BCUT2D eigenvalue weighted by Gasteiger charge is 2.22. The van der Waals surface area contributed by atoms with Crippen molar-refractivity contribution in [1.82, 2.24) is 24.7 Å². The minimum Gasteiger partial charge on any atom is -0.378 e. The first kappa shape index (κ1) is 20.2. The second kappa shape index (κ2) is 8.81. The van der Waals surface area contributed by atoms with Crippen molar-refractivity contribution in [2.45, 2.75) is 24.3 Å². The summed E-state index contributed by atoms with van der Waals surface area (Å²) in [5, 5.41) is 11.7. The molecule has 8 nitrogen and oxygen atoms in total. The SMILES string of the molecule is CCc1cccc(-n2c(SCc3nc4ccsc4c(=O)[nH]3)nnc2N2CCOCC2)c1. The largest absolute Gasteiger partial charge is 0.378 e. The molecule has 1 saturated heterocycles. The van der Waals surface area contributed by atoms with Crippen LogP contribution in [0.3, 0.4) is 0 Å². The Balaban J connectivity index is 1.49. The number of benzene rings is 1. The number of hydrogen-bond donors (Lipinski definition) is 1. The van der Waals surface area contributed by atoms with Gasteiger partial charge in [-0.05, 0) is 35.6 Å². The number of rotatable bonds is 6. The number of nitrogens with one attached hydrogen (secondary N) is 1. The Morgan fingerprint density at radius 1 is 1.23 bits per heavy atom. The molecule has 160 valence electrons. The summed E-state index contributed by atoms with van der Waals surface area (Å²) in [5.74, 6) is 1.94. The van der Waals surface area contributed by atoms with Gasteiger partial charge in [0.05, 0.1) is 30.2 Å². The van der Waals surface area contributed by atoms with Crippen LogP contribution in [-0.2, 0) is 16.9 Å². The van der Waals surface area contributed by atoms with Gasteiger partial charge in [0, 0.05) is 13.1 Å². The van der Waals surface area contributed by atoms with Crippen molar-refractivity contribution >= 4 is 39.3 Å². The maximum absolute atomic E-state index is 12.3. The lowest BCUT2D eigenvalue weighted by Gasteiger charge is -2.28. The average molecular weight is 455 g/mol. The van der Waals surface area contributed by atoms with Crippen LogP contribution in [0.1, 0.15) is 18.3 Å². The molecule has 0 atom stereocenters. The molecule has 1 fully saturated rings. The van der Waals surface area contributed by atoms with Crippen LogP contribution in [0.25, 0.3) is 15.9 Å². The highest BCUT2D eigenvalue weighted by molar-refractivity contribution is 7.98. The number of aromatic nitrogens is 5. The molecule has 1 N–H and O–H groups in total. The molecule has 0 bridgehead atoms. The van der Waals surface area contributed by atoms with Crippen molar-refractivity contribution in [3.05, 3.63) is 57.5 Å². The Labute approximate surface area is 187 Å². The second-order valence-electron chi connectivity index (χ2n) is 7.18. The second-order valence-corrected chi connectivity index (χ2v) is 9.04. The number of ether oxygens (including phenoxy) is 1. The van der Waals surface area contributed by atoms with E-state index >= 15 is 0 Å². The molecule has 0 unspecified atom stereocenters. The maximum atomic E-state index is 12.3. The Hall–Kier alpha value is -2.69. The molecule has 0 spiro atoms. The third kappa shape index (κ3) is 4.10. The maximum Gasteiger partial charge on any atom is 0.268 e. The highest BCUT2D eigenvalue weighted by atomic mass is 32.2. The van der Waals surface area contributed by atoms with Crippen LogP contribution in [0.15, 0.2) is 45.7 Å². The van der Waals surface area contributed by atoms with Crippen LogP contribution in [0.4, 0.5) is 5.95 Å². The van der Waals surface area contributed by atoms with Gasteiger partial charge in [-0.15, -0.1) is 21.5 Å². The summed E-state index contributed by atoms with van der Waals surface area (Å²) in [6, 6.07) is 10.3. The normalized spacial score (nSPS) is 14.4. The van der Waals surface area contributed by atoms with E-state index in [1.165, 1.54) is 28.7 Å². The number of anilines is 1. The van der Waals surface area contributed by atoms with Crippen LogP contribution < -0.4 is 10.5 Å². The summed E-state index contributed by atoms with van der Waals surface area (Å²) >= 11 is 2.92. The Morgan fingerprint density at radius 3 is 2.94 bits per heavy atom. The molecule has 0 saturated carbocycles. The van der Waals surface area contributed by atoms with Gasteiger partial charge in [-0.3, -0.25) is 9.36 Å². The van der Waals surface area contributed by atoms with Crippen LogP contribution in [0, 0.1) is 0 Å². The summed E-state index contributed by atoms with van der Waals surface area (Å²) in [6.07, 6.45) is 0.955. The van der Waals surface area contributed by atoms with Crippen LogP contribution in [0.5, 0.6) is 0 Å². The zero-order valence-corrected chi connectivity index (χ0v) is 18.7. The molecule has 3 aromatic heterocycles. The highest BCUT2D eigenvalue weighted by Crippen LogP contribution is 2.29. The number of nitrogens with zero attached hydrogens (tertiary/aromatic N) is 5. The van der Waals surface area contributed by atoms with E-state index in [-0.39, 0.29) is 5.56 Å². The van der Waals surface area contributed by atoms with E-state index in [2.05, 4.69) is 60.8 Å². The molecule has 1 aliphatic heterocycles. The molecule has 4 aromatic rings. The first-order valence-electron chi connectivity index (χ1n) is 10.2. The number of aromatic amines is 1. The van der Waals surface area contributed by atoms with Gasteiger partial charge in [0.2, 0.25) is 5.95 Å². The molecule has 0 radical (unpaired) electrons. The van der Waals surface area contributed by atoms with E-state index in [1.807, 2.05) is 11.4 Å². The monoisotopic (exact) mass is 454 g/mol. The van der Waals surface area contributed by atoms with E-state index in [0.29, 0.717) is 29.5 Å². The molecule has 0 amide bonds. The van der Waals surface area contributed by atoms with Gasteiger partial charge in [0.15, 0.2) is 5.16 Å². The molecule has 1 aliphatic rings. The fourth-order valence-electron chi connectivity index (χ4n) is 3.59. The lowest BCUT2D eigenvalue weighted by Crippen LogP contribution is -2.37. The lowest BCUT2D eigenvalue weighted by atomic mass is 10.1. The minimum atomic E-state index is -0.0956. The number of hydrogen-bond acceptors (Lipinski definition) is 8. The summed E-state index contributed by atoms with van der Waals surface area (Å²) in [5.41, 5.74) is 2.92. The summed E-state index contributed by atoms with van der Waals surface area (Å²) in [4.78, 5) is 22.0. The van der Waals surface area contributed by atoms with Gasteiger partial charge in [0.1, 0.15) is 10.5 Å². The van der Waals surface area contributed by atoms with E-state index < -0.39 is 0 Å². The van der Waals surface area contributed by atoms with Crippen LogP contribution >= 0.6 is 23.1 Å². The fraction of sp³-hybridized carbons (Fsp3) is 0.333. The average Bonchev–Trinajstić information content (AvgIpc) is 3.46. The number of fused-ring (bicyclic) bond motifs is 1. The van der Waals surface area contributed by atoms with E-state index in [4.69, 9.17) is 4.74 Å². The van der Waals surface area contributed by atoms with Crippen LogP contribution in [0.2, 0.25) is 0 Å². The first-order chi connectivity index (χ1) is 15.2. The molecular formula is C21H22N6O2S2. The minimum absolute atomic E-state index is 0.0956. The fourth-order valence-corrected chi connectivity index (χ4v) is 5.13. The van der Waals surface area contributed by atoms with Crippen molar-refractivity contribution in [2.24, 2.45) is 0 Å². The predicted octanol–water partition coefficient (Wildman–Crippen LogP) is 3.26. The van der Waals surface area contributed by atoms with Crippen molar-refractivity contribution in [3.63, 3.8) is 0 Å². The molecule has 1 aromatic carbocycles. The summed E-state index contributed by atoms with van der Waals surface area (Å²) in [7, 11) is 0. The summed E-state index contributed by atoms with van der Waals surface area (Å²) in [6.45, 7) is 5.05. The van der Waals surface area contributed by atoms with Gasteiger partial charge >= 0.3 is 0 Å². The smallest absolute Gasteiger partial charge is 0.268 e. The Kier molecular flexibility index (Phi) is 5.75. The third-order valence-electron chi connectivity index (χ3n) is 5.19. The lowest BCUT2D eigenvalue weighted by molar-refractivity contribution is 0.122. The quantitative estimate of drug-likeness (QED) is 0.447. The van der Waals surface area contributed by atoms with E-state index in [9.17, 15) is 4.79 Å². The molecule has 31 heavy (non-hydrogen) atoms. The molecule has 5 rings (SSSR count). The zero-order chi connectivity index (χ0) is 21.2. The predicted molar refractivity (Wildman–Crippen MR) is 124 cm³/mol. The van der Waals surface area contributed by atoms with E-state index in [1.54, 1.807) is 0 Å². The zero-order valence-electron chi connectivity index (χ0n) is 17.1. The van der Waals surface area contributed by atoms with Gasteiger partial charge in [-0.1, -0.05) is 30.8 Å². The van der Waals surface area contributed by atoms with Crippen molar-refractivity contribution in [3.8, 4) is 5.69 Å². The topological polar surface area (TPSA) is 88.9 Å². The van der Waals surface area contributed by atoms with Gasteiger partial charge in [-0.2, -0.15) is 0 Å². The number of aryl methyl sites for hydroxylation is 1. The molecule has 4 heterocycles.